The average molecular weight is 325 g/mol. The SMILES string of the molecule is CCOP(=O)(CC(N)(C(=O)O)C(=O)OC(C)(C)C)OCC. The molecular formula is C12H24NO7P. The molecule has 1 unspecified atom stereocenters. The minimum Gasteiger partial charge on any atom is -0.479 e. The molecular weight excluding hydrogens is 301 g/mol. The van der Waals surface area contributed by atoms with Gasteiger partial charge in [0, 0.05) is 0 Å². The van der Waals surface area contributed by atoms with Gasteiger partial charge in [0.15, 0.2) is 0 Å². The van der Waals surface area contributed by atoms with Crippen LogP contribution in [-0.2, 0) is 27.9 Å². The van der Waals surface area contributed by atoms with Gasteiger partial charge in [0.25, 0.3) is 0 Å². The molecule has 0 heterocycles. The number of hydrogen-bond acceptors (Lipinski definition) is 7. The van der Waals surface area contributed by atoms with Crippen LogP contribution >= 0.6 is 7.60 Å². The zero-order valence-electron chi connectivity index (χ0n) is 13.0. The Morgan fingerprint density at radius 3 is 1.86 bits per heavy atom. The largest absolute Gasteiger partial charge is 0.479 e. The summed E-state index contributed by atoms with van der Waals surface area (Å²) in [6.07, 6.45) is -0.800. The third-order valence-corrected chi connectivity index (χ3v) is 4.43. The van der Waals surface area contributed by atoms with Crippen LogP contribution < -0.4 is 5.73 Å². The number of nitrogens with two attached hydrogens (primary N) is 1. The van der Waals surface area contributed by atoms with Crippen LogP contribution in [-0.4, -0.2) is 47.6 Å². The molecule has 0 aliphatic rings. The molecule has 0 radical (unpaired) electrons. The van der Waals surface area contributed by atoms with E-state index in [2.05, 4.69) is 0 Å². The summed E-state index contributed by atoms with van der Waals surface area (Å²) in [5, 5.41) is 9.24. The monoisotopic (exact) mass is 325 g/mol. The first-order valence-electron chi connectivity index (χ1n) is 6.54. The summed E-state index contributed by atoms with van der Waals surface area (Å²) in [4.78, 5) is 23.4. The van der Waals surface area contributed by atoms with Crippen molar-refractivity contribution in [2.75, 3.05) is 19.4 Å². The van der Waals surface area contributed by atoms with Gasteiger partial charge in [-0.3, -0.25) is 4.57 Å². The molecule has 21 heavy (non-hydrogen) atoms. The molecule has 0 aliphatic heterocycles. The van der Waals surface area contributed by atoms with Crippen molar-refractivity contribution in [3.05, 3.63) is 0 Å². The van der Waals surface area contributed by atoms with Crippen LogP contribution in [0, 0.1) is 0 Å². The second-order valence-electron chi connectivity index (χ2n) is 5.38. The lowest BCUT2D eigenvalue weighted by Crippen LogP contribution is -2.59. The molecule has 0 saturated carbocycles. The highest BCUT2D eigenvalue weighted by atomic mass is 31.2. The molecule has 0 aromatic carbocycles. The van der Waals surface area contributed by atoms with E-state index < -0.39 is 36.8 Å². The highest BCUT2D eigenvalue weighted by molar-refractivity contribution is 7.54. The fourth-order valence-corrected chi connectivity index (χ4v) is 3.34. The van der Waals surface area contributed by atoms with E-state index >= 15 is 0 Å². The maximum absolute atomic E-state index is 12.4. The number of hydrogen-bond donors (Lipinski definition) is 2. The quantitative estimate of drug-likeness (QED) is 0.389. The minimum absolute atomic E-state index is 0.0291. The molecule has 9 heteroatoms. The first-order chi connectivity index (χ1) is 9.40. The first-order valence-corrected chi connectivity index (χ1v) is 8.27. The van der Waals surface area contributed by atoms with E-state index in [9.17, 15) is 19.3 Å². The van der Waals surface area contributed by atoms with E-state index in [0.29, 0.717) is 0 Å². The fraction of sp³-hybridized carbons (Fsp3) is 0.833. The van der Waals surface area contributed by atoms with Gasteiger partial charge in [-0.05, 0) is 34.6 Å². The van der Waals surface area contributed by atoms with Gasteiger partial charge in [-0.2, -0.15) is 0 Å². The smallest absolute Gasteiger partial charge is 0.339 e. The van der Waals surface area contributed by atoms with E-state index in [0.717, 1.165) is 0 Å². The second-order valence-corrected chi connectivity index (χ2v) is 7.44. The Morgan fingerprint density at radius 2 is 1.57 bits per heavy atom. The second kappa shape index (κ2) is 7.35. The Morgan fingerprint density at radius 1 is 1.14 bits per heavy atom. The molecule has 0 bridgehead atoms. The zero-order valence-corrected chi connectivity index (χ0v) is 13.9. The molecule has 8 nitrogen and oxygen atoms in total. The number of ether oxygens (including phenoxy) is 1. The molecule has 0 spiro atoms. The normalized spacial score (nSPS) is 15.3. The molecule has 0 rings (SSSR count). The zero-order chi connectivity index (χ0) is 16.9. The first kappa shape index (κ1) is 20.1. The molecule has 0 amide bonds. The summed E-state index contributed by atoms with van der Waals surface area (Å²) in [5.41, 5.74) is 2.19. The minimum atomic E-state index is -3.82. The lowest BCUT2D eigenvalue weighted by molar-refractivity contribution is -0.168. The van der Waals surface area contributed by atoms with Gasteiger partial charge in [-0.1, -0.05) is 0 Å². The molecule has 0 aromatic rings. The summed E-state index contributed by atoms with van der Waals surface area (Å²) in [7, 11) is -3.82. The molecule has 0 fully saturated rings. The summed E-state index contributed by atoms with van der Waals surface area (Å²) in [5.74, 6) is -2.85. The van der Waals surface area contributed by atoms with E-state index in [1.165, 1.54) is 0 Å². The number of esters is 1. The van der Waals surface area contributed by atoms with Crippen LogP contribution in [0.5, 0.6) is 0 Å². The number of carboxylic acids is 1. The number of carbonyl (C=O) groups excluding carboxylic acids is 1. The maximum atomic E-state index is 12.4. The van der Waals surface area contributed by atoms with Crippen LogP contribution in [0.15, 0.2) is 0 Å². The Balaban J connectivity index is 5.42. The van der Waals surface area contributed by atoms with Gasteiger partial charge in [0.2, 0.25) is 5.54 Å². The van der Waals surface area contributed by atoms with Crippen molar-refractivity contribution in [1.82, 2.24) is 0 Å². The van der Waals surface area contributed by atoms with Gasteiger partial charge in [-0.25, -0.2) is 9.59 Å². The average Bonchev–Trinajstić information content (AvgIpc) is 2.26. The van der Waals surface area contributed by atoms with Crippen molar-refractivity contribution in [1.29, 1.82) is 0 Å². The van der Waals surface area contributed by atoms with E-state index in [1.54, 1.807) is 34.6 Å². The Kier molecular flexibility index (Phi) is 7.02. The van der Waals surface area contributed by atoms with E-state index in [1.807, 2.05) is 0 Å². The third kappa shape index (κ3) is 6.13. The third-order valence-electron chi connectivity index (χ3n) is 2.24. The van der Waals surface area contributed by atoms with Gasteiger partial charge in [-0.15, -0.1) is 0 Å². The highest BCUT2D eigenvalue weighted by Gasteiger charge is 2.51. The maximum Gasteiger partial charge on any atom is 0.339 e. The van der Waals surface area contributed by atoms with Gasteiger partial charge in [0.05, 0.1) is 19.4 Å². The Labute approximate surface area is 124 Å². The molecule has 124 valence electrons. The summed E-state index contributed by atoms with van der Waals surface area (Å²) >= 11 is 0. The standard InChI is InChI=1S/C12H24NO7P/c1-6-18-21(17,19-7-2)8-12(13,9(14)15)10(16)20-11(3,4)5/h6-8,13H2,1-5H3,(H,14,15). The molecule has 0 aliphatic carbocycles. The van der Waals surface area contributed by atoms with Crippen molar-refractivity contribution in [3.63, 3.8) is 0 Å². The van der Waals surface area contributed by atoms with Crippen molar-refractivity contribution in [3.8, 4) is 0 Å². The summed E-state index contributed by atoms with van der Waals surface area (Å²) < 4.78 is 27.4. The topological polar surface area (TPSA) is 125 Å². The predicted octanol–water partition coefficient (Wildman–Crippen LogP) is 1.38. The van der Waals surface area contributed by atoms with Crippen molar-refractivity contribution in [2.24, 2.45) is 5.73 Å². The number of aliphatic carboxylic acids is 1. The van der Waals surface area contributed by atoms with E-state index in [-0.39, 0.29) is 13.2 Å². The Hall–Kier alpha value is -0.950. The van der Waals surface area contributed by atoms with Gasteiger partial charge < -0.3 is 24.6 Å². The fourth-order valence-electron chi connectivity index (χ4n) is 1.42. The number of carbonyl (C=O) groups is 2. The van der Waals surface area contributed by atoms with Gasteiger partial charge >= 0.3 is 19.5 Å². The van der Waals surface area contributed by atoms with Crippen LogP contribution in [0.4, 0.5) is 0 Å². The van der Waals surface area contributed by atoms with Crippen LogP contribution in [0.3, 0.4) is 0 Å². The number of rotatable bonds is 8. The lowest BCUT2D eigenvalue weighted by atomic mass is 10.0. The molecule has 0 aromatic heterocycles. The van der Waals surface area contributed by atoms with Crippen LogP contribution in [0.25, 0.3) is 0 Å². The molecule has 0 saturated heterocycles. The predicted molar refractivity (Wildman–Crippen MR) is 76.1 cm³/mol. The summed E-state index contributed by atoms with van der Waals surface area (Å²) in [6, 6.07) is 0. The van der Waals surface area contributed by atoms with Crippen LogP contribution in [0.1, 0.15) is 34.6 Å². The Bertz CT molecular complexity index is 422. The summed E-state index contributed by atoms with van der Waals surface area (Å²) in [6.45, 7) is 7.90. The van der Waals surface area contributed by atoms with Gasteiger partial charge in [0.1, 0.15) is 5.60 Å². The van der Waals surface area contributed by atoms with Crippen molar-refractivity contribution < 1.29 is 33.0 Å². The van der Waals surface area contributed by atoms with Crippen molar-refractivity contribution in [2.45, 2.75) is 45.8 Å². The van der Waals surface area contributed by atoms with Crippen LogP contribution in [0.2, 0.25) is 0 Å². The molecule has 3 N–H and O–H groups in total. The highest BCUT2D eigenvalue weighted by Crippen LogP contribution is 2.50. The van der Waals surface area contributed by atoms with E-state index in [4.69, 9.17) is 19.5 Å². The molecule has 1 atom stereocenters. The lowest BCUT2D eigenvalue weighted by Gasteiger charge is -2.30. The van der Waals surface area contributed by atoms with Crippen molar-refractivity contribution >= 4 is 19.5 Å². The number of carboxylic acid groups (broad SMARTS) is 1.